The largest absolute Gasteiger partial charge is 0.466 e. The number of hydrogen-bond acceptors (Lipinski definition) is 5. The van der Waals surface area contributed by atoms with Crippen molar-refractivity contribution < 1.29 is 18.8 Å². The minimum Gasteiger partial charge on any atom is -0.466 e. The Hall–Kier alpha value is -2.44. The number of rotatable bonds is 6. The van der Waals surface area contributed by atoms with E-state index in [0.29, 0.717) is 5.71 Å². The lowest BCUT2D eigenvalue weighted by molar-refractivity contribution is -0.180. The molecule has 1 heterocycles. The van der Waals surface area contributed by atoms with Gasteiger partial charge in [0.2, 0.25) is 0 Å². The summed E-state index contributed by atoms with van der Waals surface area (Å²) in [5.41, 5.74) is 1.12. The summed E-state index contributed by atoms with van der Waals surface area (Å²) in [4.78, 5) is 19.1. The molecule has 0 N–H and O–H groups in total. The van der Waals surface area contributed by atoms with E-state index in [1.165, 1.54) is 7.11 Å². The number of methoxy groups -OCH3 is 1. The minimum absolute atomic E-state index is 0.0426. The van der Waals surface area contributed by atoms with E-state index in [1.807, 2.05) is 60.7 Å². The maximum Gasteiger partial charge on any atom is 0.356 e. The van der Waals surface area contributed by atoms with E-state index >= 15 is 0 Å². The lowest BCUT2D eigenvalue weighted by atomic mass is 9.85. The Morgan fingerprint density at radius 2 is 1.63 bits per heavy atom. The smallest absolute Gasteiger partial charge is 0.356 e. The molecule has 2 aromatic carbocycles. The Bertz CT molecular complexity index is 906. The molecular formula is C24H31NO4Si. The Balaban J connectivity index is 2.07. The summed E-state index contributed by atoms with van der Waals surface area (Å²) in [6.07, 6.45) is -0.366. The zero-order valence-electron chi connectivity index (χ0n) is 18.6. The zero-order chi connectivity index (χ0) is 22.0. The first-order chi connectivity index (χ1) is 14.1. The molecule has 0 radical (unpaired) electrons. The van der Waals surface area contributed by atoms with E-state index in [2.05, 4.69) is 39.0 Å². The van der Waals surface area contributed by atoms with Crippen molar-refractivity contribution in [1.82, 2.24) is 0 Å². The van der Waals surface area contributed by atoms with Gasteiger partial charge in [0.05, 0.1) is 19.2 Å². The van der Waals surface area contributed by atoms with Gasteiger partial charge in [-0.25, -0.2) is 4.79 Å². The monoisotopic (exact) mass is 425 g/mol. The number of hydrogen-bond donors (Lipinski definition) is 0. The number of benzene rings is 2. The van der Waals surface area contributed by atoms with Gasteiger partial charge in [-0.1, -0.05) is 86.6 Å². The molecule has 160 valence electrons. The van der Waals surface area contributed by atoms with Crippen LogP contribution in [-0.4, -0.2) is 32.7 Å². The lowest BCUT2D eigenvalue weighted by Gasteiger charge is -2.43. The summed E-state index contributed by atoms with van der Waals surface area (Å²) in [5.74, 6) is -0.482. The van der Waals surface area contributed by atoms with Crippen molar-refractivity contribution in [1.29, 1.82) is 0 Å². The number of carbonyl (C=O) groups is 1. The van der Waals surface area contributed by atoms with Crippen molar-refractivity contribution in [2.45, 2.75) is 57.0 Å². The molecular weight excluding hydrogens is 394 g/mol. The first-order valence-corrected chi connectivity index (χ1v) is 13.1. The predicted molar refractivity (Wildman–Crippen MR) is 121 cm³/mol. The van der Waals surface area contributed by atoms with Gasteiger partial charge in [0.1, 0.15) is 6.10 Å². The third-order valence-corrected chi connectivity index (χ3v) is 10.6. The Kier molecular flexibility index (Phi) is 6.20. The highest BCUT2D eigenvalue weighted by molar-refractivity contribution is 6.74. The van der Waals surface area contributed by atoms with E-state index in [0.717, 1.165) is 11.1 Å². The van der Waals surface area contributed by atoms with Crippen molar-refractivity contribution in [2.75, 3.05) is 7.11 Å². The van der Waals surface area contributed by atoms with Gasteiger partial charge in [-0.3, -0.25) is 0 Å². The second-order valence-corrected chi connectivity index (χ2v) is 14.0. The van der Waals surface area contributed by atoms with E-state index < -0.39 is 26.0 Å². The summed E-state index contributed by atoms with van der Waals surface area (Å²) < 4.78 is 12.0. The lowest BCUT2D eigenvalue weighted by Crippen LogP contribution is -2.52. The van der Waals surface area contributed by atoms with Crippen molar-refractivity contribution in [2.24, 2.45) is 5.16 Å². The first kappa shape index (κ1) is 22.2. The van der Waals surface area contributed by atoms with Crippen LogP contribution in [0.25, 0.3) is 0 Å². The maximum atomic E-state index is 13.2. The van der Waals surface area contributed by atoms with Crippen molar-refractivity contribution in [3.63, 3.8) is 0 Å². The molecule has 0 amide bonds. The van der Waals surface area contributed by atoms with E-state index in [4.69, 9.17) is 14.0 Å². The van der Waals surface area contributed by atoms with E-state index in [1.54, 1.807) is 0 Å². The van der Waals surface area contributed by atoms with Crippen LogP contribution in [0.1, 0.15) is 44.4 Å². The number of nitrogens with zero attached hydrogens (tertiary/aromatic N) is 1. The molecule has 6 heteroatoms. The van der Waals surface area contributed by atoms with E-state index in [9.17, 15) is 4.79 Å². The molecule has 1 aliphatic rings. The fourth-order valence-corrected chi connectivity index (χ4v) is 4.57. The van der Waals surface area contributed by atoms with Gasteiger partial charge in [-0.2, -0.15) is 0 Å². The van der Waals surface area contributed by atoms with Crippen LogP contribution < -0.4 is 0 Å². The number of esters is 1. The molecule has 1 aliphatic heterocycles. The highest BCUT2D eigenvalue weighted by Gasteiger charge is 2.58. The van der Waals surface area contributed by atoms with Gasteiger partial charge >= 0.3 is 5.97 Å². The van der Waals surface area contributed by atoms with Crippen LogP contribution in [-0.2, 0) is 18.8 Å². The summed E-state index contributed by atoms with van der Waals surface area (Å²) in [6, 6.07) is 19.5. The topological polar surface area (TPSA) is 57.1 Å². The third kappa shape index (κ3) is 4.20. The minimum atomic E-state index is -2.26. The Labute approximate surface area is 180 Å². The Morgan fingerprint density at radius 1 is 1.07 bits per heavy atom. The molecule has 0 saturated carbocycles. The average Bonchev–Trinajstić information content (AvgIpc) is 3.18. The van der Waals surface area contributed by atoms with Crippen LogP contribution in [0.2, 0.25) is 18.1 Å². The third-order valence-electron chi connectivity index (χ3n) is 6.13. The number of carbonyl (C=O) groups excluding carboxylic acids is 1. The fourth-order valence-electron chi connectivity index (χ4n) is 3.30. The second kappa shape index (κ2) is 8.36. The average molecular weight is 426 g/mol. The predicted octanol–water partition coefficient (Wildman–Crippen LogP) is 5.49. The summed E-state index contributed by atoms with van der Waals surface area (Å²) in [5, 5.41) is 4.28. The van der Waals surface area contributed by atoms with Crippen LogP contribution in [0.5, 0.6) is 0 Å². The molecule has 3 rings (SSSR count). The van der Waals surface area contributed by atoms with Crippen molar-refractivity contribution in [3.05, 3.63) is 71.8 Å². The number of ether oxygens (including phenoxy) is 1. The van der Waals surface area contributed by atoms with Crippen LogP contribution in [0.3, 0.4) is 0 Å². The van der Waals surface area contributed by atoms with Gasteiger partial charge in [0.15, 0.2) is 8.32 Å². The van der Waals surface area contributed by atoms with Crippen LogP contribution in [0.15, 0.2) is 65.8 Å². The van der Waals surface area contributed by atoms with Gasteiger partial charge in [0, 0.05) is 0 Å². The van der Waals surface area contributed by atoms with E-state index in [-0.39, 0.29) is 11.5 Å². The molecule has 5 nitrogen and oxygen atoms in total. The van der Waals surface area contributed by atoms with Crippen LogP contribution in [0.4, 0.5) is 0 Å². The molecule has 30 heavy (non-hydrogen) atoms. The molecule has 0 spiro atoms. The SMILES string of the molecule is COC(=O)[C@]1([C@H](O[Si](C)(C)C(C)(C)C)c2ccccc2)CC(c2ccccc2)=NO1. The number of oxime groups is 1. The molecule has 2 atom stereocenters. The first-order valence-electron chi connectivity index (χ1n) is 10.2. The highest BCUT2D eigenvalue weighted by atomic mass is 28.4. The molecule has 0 fully saturated rings. The zero-order valence-corrected chi connectivity index (χ0v) is 19.6. The van der Waals surface area contributed by atoms with Crippen molar-refractivity contribution in [3.8, 4) is 0 Å². The maximum absolute atomic E-state index is 13.2. The quantitative estimate of drug-likeness (QED) is 0.454. The Morgan fingerprint density at radius 3 is 2.17 bits per heavy atom. The van der Waals surface area contributed by atoms with Gasteiger partial charge < -0.3 is 14.0 Å². The molecule has 0 unspecified atom stereocenters. The molecule has 0 saturated heterocycles. The van der Waals surface area contributed by atoms with Crippen LogP contribution in [0, 0.1) is 0 Å². The summed E-state index contributed by atoms with van der Waals surface area (Å²) in [7, 11) is -0.887. The normalized spacial score (nSPS) is 20.3. The van der Waals surface area contributed by atoms with Gasteiger partial charge in [-0.15, -0.1) is 0 Å². The second-order valence-electron chi connectivity index (χ2n) is 9.22. The highest BCUT2D eigenvalue weighted by Crippen LogP contribution is 2.47. The van der Waals surface area contributed by atoms with Crippen LogP contribution >= 0.6 is 0 Å². The van der Waals surface area contributed by atoms with Gasteiger partial charge in [0.25, 0.3) is 5.60 Å². The summed E-state index contributed by atoms with van der Waals surface area (Å²) >= 11 is 0. The van der Waals surface area contributed by atoms with Gasteiger partial charge in [-0.05, 0) is 29.3 Å². The standard InChI is InChI=1S/C24H31NO4Si/c1-23(2,3)30(5,6)28-21(19-15-11-8-12-16-19)24(22(26)27-4)17-20(25-29-24)18-13-9-7-10-14-18/h7-16,21H,17H2,1-6H3/t21-,24-/m1/s1. The molecule has 0 aromatic heterocycles. The van der Waals surface area contributed by atoms with Crippen molar-refractivity contribution >= 4 is 20.0 Å². The molecule has 0 bridgehead atoms. The molecule has 0 aliphatic carbocycles. The fraction of sp³-hybridized carbons (Fsp3) is 0.417. The summed E-state index contributed by atoms with van der Waals surface area (Å²) in [6.45, 7) is 10.9. The molecule has 2 aromatic rings.